The monoisotopic (exact) mass is 230 g/mol. The van der Waals surface area contributed by atoms with E-state index in [9.17, 15) is 4.57 Å². The Hall–Kier alpha value is 0.0300. The lowest BCUT2D eigenvalue weighted by Gasteiger charge is -2.23. The van der Waals surface area contributed by atoms with Gasteiger partial charge in [0.25, 0.3) is 0 Å². The second-order valence-electron chi connectivity index (χ2n) is 3.73. The van der Waals surface area contributed by atoms with Gasteiger partial charge in [-0.25, -0.2) is 4.57 Å². The smallest absolute Gasteiger partial charge is 0.412 e. The van der Waals surface area contributed by atoms with Gasteiger partial charge >= 0.3 is 7.82 Å². The molecule has 1 atom stereocenters. The van der Waals surface area contributed by atoms with Crippen molar-refractivity contribution in [3.05, 3.63) is 0 Å². The predicted molar refractivity (Wildman–Crippen MR) is 53.9 cm³/mol. The highest BCUT2D eigenvalue weighted by Crippen LogP contribution is 2.42. The number of hydrogen-bond donors (Lipinski definition) is 1. The van der Waals surface area contributed by atoms with Crippen molar-refractivity contribution in [1.29, 1.82) is 0 Å². The highest BCUT2D eigenvalue weighted by Gasteiger charge is 2.20. The van der Waals surface area contributed by atoms with Crippen LogP contribution in [0.3, 0.4) is 0 Å². The zero-order valence-electron chi connectivity index (χ0n) is 9.19. The molecule has 3 N–H and O–H groups in total. The lowest BCUT2D eigenvalue weighted by molar-refractivity contribution is -0.870. The third-order valence-electron chi connectivity index (χ3n) is 1.31. The molecule has 0 aliphatic heterocycles. The van der Waals surface area contributed by atoms with Gasteiger partial charge in [-0.15, -0.1) is 0 Å². The van der Waals surface area contributed by atoms with Crippen LogP contribution in [0.5, 0.6) is 0 Å². The van der Waals surface area contributed by atoms with Crippen molar-refractivity contribution in [3.8, 4) is 0 Å². The van der Waals surface area contributed by atoms with Gasteiger partial charge in [0.15, 0.2) is 0 Å². The van der Waals surface area contributed by atoms with Gasteiger partial charge in [-0.2, -0.15) is 0 Å². The quantitative estimate of drug-likeness (QED) is 0.514. The van der Waals surface area contributed by atoms with Gasteiger partial charge in [-0.3, -0.25) is 9.05 Å². The van der Waals surface area contributed by atoms with E-state index in [2.05, 4.69) is 4.52 Å². The Morgan fingerprint density at radius 3 is 2.14 bits per heavy atom. The van der Waals surface area contributed by atoms with E-state index in [4.69, 9.17) is 9.42 Å². The minimum absolute atomic E-state index is 0. The Balaban J connectivity index is 0. The van der Waals surface area contributed by atoms with Gasteiger partial charge < -0.3 is 14.9 Å². The van der Waals surface area contributed by atoms with Crippen molar-refractivity contribution in [2.45, 2.75) is 6.92 Å². The van der Waals surface area contributed by atoms with Gasteiger partial charge in [-0.05, 0) is 6.92 Å². The highest BCUT2D eigenvalue weighted by molar-refractivity contribution is 7.47. The van der Waals surface area contributed by atoms with Crippen molar-refractivity contribution in [1.82, 2.24) is 0 Å². The summed E-state index contributed by atoms with van der Waals surface area (Å²) in [5, 5.41) is 0. The molecule has 0 saturated carbocycles. The standard InChI is InChI=1S/C7H18NO4P.H2O/c1-5-11-13(9,10)12-7-6-8(2,3)4;/h5-7H2,1-4H3;1H2/p+1. The molecule has 0 heterocycles. The van der Waals surface area contributed by atoms with Crippen molar-refractivity contribution in [2.75, 3.05) is 40.9 Å². The predicted octanol–water partition coefficient (Wildman–Crippen LogP) is 0.0214. The molecular formula is C7H21NO5P+. The molecule has 0 bridgehead atoms. The molecule has 0 aromatic heterocycles. The molecule has 0 radical (unpaired) electrons. The van der Waals surface area contributed by atoms with Crippen LogP contribution < -0.4 is 0 Å². The first kappa shape index (κ1) is 16.5. The molecule has 0 amide bonds. The first-order chi connectivity index (χ1) is 5.77. The molecule has 0 aromatic rings. The number of likely N-dealkylation sites (N-methyl/N-ethyl adjacent to an activating group) is 1. The van der Waals surface area contributed by atoms with E-state index in [0.29, 0.717) is 11.0 Å². The zero-order chi connectivity index (χ0) is 10.5. The van der Waals surface area contributed by atoms with Gasteiger partial charge in [0.1, 0.15) is 13.2 Å². The van der Waals surface area contributed by atoms with E-state index in [-0.39, 0.29) is 18.7 Å². The molecule has 7 heteroatoms. The average molecular weight is 230 g/mol. The fraction of sp³-hybridized carbons (Fsp3) is 1.00. The molecule has 0 spiro atoms. The Morgan fingerprint density at radius 2 is 1.79 bits per heavy atom. The van der Waals surface area contributed by atoms with Crippen molar-refractivity contribution >= 4 is 7.82 Å². The van der Waals surface area contributed by atoms with E-state index in [1.165, 1.54) is 0 Å². The fourth-order valence-electron chi connectivity index (χ4n) is 0.630. The van der Waals surface area contributed by atoms with Crippen LogP contribution in [-0.2, 0) is 13.6 Å². The minimum atomic E-state index is -3.79. The topological polar surface area (TPSA) is 87.3 Å². The number of rotatable bonds is 6. The molecule has 14 heavy (non-hydrogen) atoms. The minimum Gasteiger partial charge on any atom is -0.412 e. The summed E-state index contributed by atoms with van der Waals surface area (Å²) in [4.78, 5) is 9.02. The first-order valence-electron chi connectivity index (χ1n) is 4.19. The average Bonchev–Trinajstić information content (AvgIpc) is 1.82. The van der Waals surface area contributed by atoms with Gasteiger partial charge in [0.2, 0.25) is 0 Å². The summed E-state index contributed by atoms with van der Waals surface area (Å²) in [7, 11) is 2.15. The van der Waals surface area contributed by atoms with E-state index in [0.717, 1.165) is 0 Å². The fourth-order valence-corrected chi connectivity index (χ4v) is 1.34. The van der Waals surface area contributed by atoms with Crippen LogP contribution in [0.1, 0.15) is 6.92 Å². The maximum atomic E-state index is 11.0. The Morgan fingerprint density at radius 1 is 1.29 bits per heavy atom. The molecule has 88 valence electrons. The van der Waals surface area contributed by atoms with Crippen molar-refractivity contribution in [3.63, 3.8) is 0 Å². The second-order valence-corrected chi connectivity index (χ2v) is 5.19. The van der Waals surface area contributed by atoms with Crippen LogP contribution in [-0.4, -0.2) is 55.8 Å². The Kier molecular flexibility index (Phi) is 7.64. The van der Waals surface area contributed by atoms with Crippen LogP contribution in [0.4, 0.5) is 0 Å². The van der Waals surface area contributed by atoms with Crippen molar-refractivity contribution in [2.24, 2.45) is 0 Å². The number of quaternary nitrogens is 1. The van der Waals surface area contributed by atoms with Gasteiger partial charge in [0, 0.05) is 0 Å². The van der Waals surface area contributed by atoms with Crippen LogP contribution in [0.2, 0.25) is 0 Å². The number of nitrogens with zero attached hydrogens (tertiary/aromatic N) is 1. The van der Waals surface area contributed by atoms with Gasteiger partial charge in [0.05, 0.1) is 27.7 Å². The SMILES string of the molecule is CCOP(=O)(O)OCC[N+](C)(C)C.O. The molecule has 0 saturated heterocycles. The normalized spacial score (nSPS) is 15.8. The molecular weight excluding hydrogens is 209 g/mol. The molecule has 0 aromatic carbocycles. The van der Waals surface area contributed by atoms with Crippen LogP contribution in [0.15, 0.2) is 0 Å². The molecule has 0 aliphatic carbocycles. The molecule has 0 aliphatic rings. The largest absolute Gasteiger partial charge is 0.472 e. The summed E-state index contributed by atoms with van der Waals surface area (Å²) in [5.74, 6) is 0. The third-order valence-corrected chi connectivity index (χ3v) is 2.40. The number of phosphoric acid groups is 1. The second kappa shape index (κ2) is 6.50. The summed E-state index contributed by atoms with van der Waals surface area (Å²) in [6.07, 6.45) is 0. The van der Waals surface area contributed by atoms with Crippen LogP contribution in [0, 0.1) is 0 Å². The maximum absolute atomic E-state index is 11.0. The summed E-state index contributed by atoms with van der Waals surface area (Å²) in [6, 6.07) is 0. The molecule has 0 fully saturated rings. The summed E-state index contributed by atoms with van der Waals surface area (Å²) >= 11 is 0. The highest BCUT2D eigenvalue weighted by atomic mass is 31.2. The summed E-state index contributed by atoms with van der Waals surface area (Å²) < 4.78 is 20.9. The van der Waals surface area contributed by atoms with E-state index in [1.54, 1.807) is 6.92 Å². The number of hydrogen-bond acceptors (Lipinski definition) is 3. The van der Waals surface area contributed by atoms with Gasteiger partial charge in [-0.1, -0.05) is 0 Å². The van der Waals surface area contributed by atoms with E-state index in [1.807, 2.05) is 21.1 Å². The van der Waals surface area contributed by atoms with Crippen LogP contribution in [0.25, 0.3) is 0 Å². The van der Waals surface area contributed by atoms with Crippen LogP contribution >= 0.6 is 7.82 Å². The van der Waals surface area contributed by atoms with E-state index >= 15 is 0 Å². The molecule has 6 nitrogen and oxygen atoms in total. The van der Waals surface area contributed by atoms with Crippen molar-refractivity contribution < 1.29 is 28.5 Å². The first-order valence-corrected chi connectivity index (χ1v) is 5.69. The lowest BCUT2D eigenvalue weighted by atomic mass is 10.5. The summed E-state index contributed by atoms with van der Waals surface area (Å²) in [5.41, 5.74) is 0. The summed E-state index contributed by atoms with van der Waals surface area (Å²) in [6.45, 7) is 2.71. The molecule has 1 unspecified atom stereocenters. The van der Waals surface area contributed by atoms with E-state index < -0.39 is 7.82 Å². The molecule has 0 rings (SSSR count). The Bertz CT molecular complexity index is 191. The maximum Gasteiger partial charge on any atom is 0.472 e. The Labute approximate surface area is 85.0 Å². The zero-order valence-corrected chi connectivity index (χ0v) is 10.1. The number of phosphoric ester groups is 1. The third kappa shape index (κ3) is 10.1. The lowest BCUT2D eigenvalue weighted by Crippen LogP contribution is -2.37.